The maximum absolute atomic E-state index is 13.9. The predicted octanol–water partition coefficient (Wildman–Crippen LogP) is 3.43. The molecule has 0 saturated carbocycles. The van der Waals surface area contributed by atoms with Crippen molar-refractivity contribution >= 4 is 17.0 Å². The maximum Gasteiger partial charge on any atom is 0.166 e. The van der Waals surface area contributed by atoms with Gasteiger partial charge in [-0.3, -0.25) is 4.98 Å². The van der Waals surface area contributed by atoms with Crippen molar-refractivity contribution in [2.24, 2.45) is 0 Å². The molecule has 0 unspecified atom stereocenters. The van der Waals surface area contributed by atoms with E-state index < -0.39 is 5.82 Å². The second-order valence-electron chi connectivity index (χ2n) is 8.01. The molecule has 0 atom stereocenters. The van der Waals surface area contributed by atoms with Crippen molar-refractivity contribution in [1.82, 2.24) is 29.8 Å². The first-order valence-corrected chi connectivity index (χ1v) is 10.5. The van der Waals surface area contributed by atoms with E-state index in [1.807, 2.05) is 4.57 Å². The van der Waals surface area contributed by atoms with Crippen molar-refractivity contribution in [1.29, 1.82) is 0 Å². The molecule has 1 fully saturated rings. The van der Waals surface area contributed by atoms with Crippen molar-refractivity contribution < 1.29 is 4.39 Å². The summed E-state index contributed by atoms with van der Waals surface area (Å²) >= 11 is 0. The lowest BCUT2D eigenvalue weighted by molar-refractivity contribution is 0.460. The summed E-state index contributed by atoms with van der Waals surface area (Å²) < 4.78 is 15.8. The number of pyridine rings is 1. The lowest BCUT2D eigenvalue weighted by atomic mass is 9.90. The average molecular weight is 417 g/mol. The van der Waals surface area contributed by atoms with E-state index in [-0.39, 0.29) is 0 Å². The van der Waals surface area contributed by atoms with E-state index in [1.165, 1.54) is 17.8 Å². The fraction of sp³-hybridized carbons (Fsp3) is 0.304. The Kier molecular flexibility index (Phi) is 5.07. The fourth-order valence-corrected chi connectivity index (χ4v) is 4.27. The first-order valence-electron chi connectivity index (χ1n) is 10.5. The van der Waals surface area contributed by atoms with E-state index in [2.05, 4.69) is 49.5 Å². The average Bonchev–Trinajstić information content (AvgIpc) is 3.13. The van der Waals surface area contributed by atoms with Gasteiger partial charge in [-0.05, 0) is 56.0 Å². The number of anilines is 1. The molecule has 4 aromatic rings. The zero-order chi connectivity index (χ0) is 21.4. The minimum Gasteiger partial charge on any atom is -0.382 e. The van der Waals surface area contributed by atoms with Gasteiger partial charge in [0.2, 0.25) is 0 Å². The van der Waals surface area contributed by atoms with Crippen LogP contribution in [-0.2, 0) is 6.54 Å². The van der Waals surface area contributed by atoms with Gasteiger partial charge in [0.15, 0.2) is 17.0 Å². The van der Waals surface area contributed by atoms with Crippen molar-refractivity contribution in [3.8, 4) is 11.4 Å². The van der Waals surface area contributed by atoms with Gasteiger partial charge in [-0.2, -0.15) is 0 Å². The number of nitrogens with one attached hydrogen (secondary N) is 1. The third kappa shape index (κ3) is 3.86. The third-order valence-electron chi connectivity index (χ3n) is 5.83. The Balaban J connectivity index is 1.56. The van der Waals surface area contributed by atoms with Crippen LogP contribution >= 0.6 is 0 Å². The minimum absolute atomic E-state index is 0.313. The van der Waals surface area contributed by atoms with Gasteiger partial charge in [-0.25, -0.2) is 19.3 Å². The molecule has 1 aliphatic rings. The Morgan fingerprint density at radius 2 is 1.87 bits per heavy atom. The molecular weight excluding hydrogens is 393 g/mol. The summed E-state index contributed by atoms with van der Waals surface area (Å²) in [6.45, 7) is 4.47. The number of nitrogens with zero attached hydrogens (tertiary/aromatic N) is 5. The number of nitrogens with two attached hydrogens (primary N) is 1. The van der Waals surface area contributed by atoms with Crippen LogP contribution in [0.25, 0.3) is 22.6 Å². The smallest absolute Gasteiger partial charge is 0.166 e. The molecule has 0 radical (unpaired) electrons. The van der Waals surface area contributed by atoms with Gasteiger partial charge in [-0.1, -0.05) is 24.3 Å². The Labute approximate surface area is 179 Å². The van der Waals surface area contributed by atoms with E-state index in [0.717, 1.165) is 31.5 Å². The summed E-state index contributed by atoms with van der Waals surface area (Å²) in [4.78, 5) is 17.4. The van der Waals surface area contributed by atoms with Crippen LogP contribution in [0.4, 0.5) is 10.2 Å². The molecule has 0 spiro atoms. The van der Waals surface area contributed by atoms with Gasteiger partial charge in [-0.15, -0.1) is 0 Å². The molecule has 1 aromatic carbocycles. The first-order chi connectivity index (χ1) is 15.1. The van der Waals surface area contributed by atoms with Gasteiger partial charge < -0.3 is 15.6 Å². The normalized spacial score (nSPS) is 14.9. The van der Waals surface area contributed by atoms with Crippen LogP contribution in [0.2, 0.25) is 0 Å². The Hall–Kier alpha value is -3.39. The van der Waals surface area contributed by atoms with Crippen molar-refractivity contribution in [3.63, 3.8) is 0 Å². The van der Waals surface area contributed by atoms with E-state index in [0.29, 0.717) is 46.7 Å². The second-order valence-corrected chi connectivity index (χ2v) is 8.01. The summed E-state index contributed by atoms with van der Waals surface area (Å²) in [6.07, 6.45) is 5.10. The summed E-state index contributed by atoms with van der Waals surface area (Å²) in [7, 11) is 0. The summed E-state index contributed by atoms with van der Waals surface area (Å²) in [5, 5.41) is 3.41. The van der Waals surface area contributed by atoms with Crippen LogP contribution in [0.15, 0.2) is 42.7 Å². The van der Waals surface area contributed by atoms with Crippen LogP contribution < -0.4 is 11.1 Å². The molecule has 3 aromatic heterocycles. The van der Waals surface area contributed by atoms with Gasteiger partial charge in [0.25, 0.3) is 0 Å². The van der Waals surface area contributed by atoms with Crippen LogP contribution in [0, 0.1) is 12.7 Å². The largest absolute Gasteiger partial charge is 0.382 e. The number of halogens is 1. The third-order valence-corrected chi connectivity index (χ3v) is 5.83. The predicted molar refractivity (Wildman–Crippen MR) is 118 cm³/mol. The number of imidazole rings is 1. The molecule has 4 heterocycles. The molecule has 0 aliphatic carbocycles. The standard InChI is InChI=1S/C23H24FN7/c1-14-28-21(25)20-23(29-14)31(22(30-20)18-10-19(24)12-27-11-18)13-15-2-4-16(5-3-15)17-6-8-26-9-7-17/h2-5,10-12,17,26H,6-9,13H2,1H3,(H2,25,28,29). The second kappa shape index (κ2) is 8.03. The number of benzene rings is 1. The fourth-order valence-electron chi connectivity index (χ4n) is 4.27. The summed E-state index contributed by atoms with van der Waals surface area (Å²) in [5.74, 6) is 1.63. The minimum atomic E-state index is -0.419. The zero-order valence-corrected chi connectivity index (χ0v) is 17.3. The lowest BCUT2D eigenvalue weighted by Crippen LogP contribution is -2.26. The highest BCUT2D eigenvalue weighted by molar-refractivity contribution is 5.85. The van der Waals surface area contributed by atoms with E-state index in [4.69, 9.17) is 5.73 Å². The molecule has 3 N–H and O–H groups in total. The SMILES string of the molecule is Cc1nc(N)c2nc(-c3cncc(F)c3)n(Cc3ccc(C4CCNCC4)cc3)c2n1. The number of piperidine rings is 1. The van der Waals surface area contributed by atoms with Crippen LogP contribution in [-0.4, -0.2) is 37.6 Å². The number of fused-ring (bicyclic) bond motifs is 1. The lowest BCUT2D eigenvalue weighted by Gasteiger charge is -2.23. The number of nitrogen functional groups attached to an aromatic ring is 1. The van der Waals surface area contributed by atoms with E-state index in [9.17, 15) is 4.39 Å². The van der Waals surface area contributed by atoms with Gasteiger partial charge >= 0.3 is 0 Å². The Bertz CT molecular complexity index is 1230. The maximum atomic E-state index is 13.9. The molecule has 1 aliphatic heterocycles. The van der Waals surface area contributed by atoms with E-state index >= 15 is 0 Å². The quantitative estimate of drug-likeness (QED) is 0.528. The molecule has 0 amide bonds. The molecule has 0 bridgehead atoms. The molecule has 1 saturated heterocycles. The summed E-state index contributed by atoms with van der Waals surface area (Å²) in [6, 6.07) is 10.1. The van der Waals surface area contributed by atoms with Crippen LogP contribution in [0.1, 0.15) is 35.7 Å². The van der Waals surface area contributed by atoms with Gasteiger partial charge in [0, 0.05) is 11.8 Å². The van der Waals surface area contributed by atoms with Crippen LogP contribution in [0.3, 0.4) is 0 Å². The van der Waals surface area contributed by atoms with Crippen LogP contribution in [0.5, 0.6) is 0 Å². The van der Waals surface area contributed by atoms with Gasteiger partial charge in [0.05, 0.1) is 12.7 Å². The topological polar surface area (TPSA) is 94.5 Å². The number of aryl methyl sites for hydroxylation is 1. The van der Waals surface area contributed by atoms with Gasteiger partial charge in [0.1, 0.15) is 17.5 Å². The van der Waals surface area contributed by atoms with Crippen molar-refractivity contribution in [2.45, 2.75) is 32.2 Å². The van der Waals surface area contributed by atoms with E-state index in [1.54, 1.807) is 13.1 Å². The Morgan fingerprint density at radius 3 is 2.61 bits per heavy atom. The highest BCUT2D eigenvalue weighted by atomic mass is 19.1. The molecular formula is C23H24FN7. The molecule has 5 rings (SSSR count). The number of rotatable bonds is 4. The molecule has 158 valence electrons. The number of hydrogen-bond donors (Lipinski definition) is 2. The highest BCUT2D eigenvalue weighted by Crippen LogP contribution is 2.29. The molecule has 31 heavy (non-hydrogen) atoms. The highest BCUT2D eigenvalue weighted by Gasteiger charge is 2.19. The zero-order valence-electron chi connectivity index (χ0n) is 17.3. The Morgan fingerprint density at radius 1 is 1.10 bits per heavy atom. The number of aromatic nitrogens is 5. The summed E-state index contributed by atoms with van der Waals surface area (Å²) in [5.41, 5.74) is 10.3. The monoisotopic (exact) mass is 417 g/mol. The van der Waals surface area contributed by atoms with Crippen molar-refractivity contribution in [3.05, 3.63) is 65.5 Å². The first kappa shape index (κ1) is 19.6. The molecule has 7 nitrogen and oxygen atoms in total. The molecule has 8 heteroatoms. The van der Waals surface area contributed by atoms with Crippen molar-refractivity contribution in [2.75, 3.05) is 18.8 Å². The number of hydrogen-bond acceptors (Lipinski definition) is 6.